The summed E-state index contributed by atoms with van der Waals surface area (Å²) in [4.78, 5) is 40.4. The van der Waals surface area contributed by atoms with Crippen LogP contribution in [0, 0.1) is 24.2 Å². The summed E-state index contributed by atoms with van der Waals surface area (Å²) >= 11 is 6.23. The van der Waals surface area contributed by atoms with E-state index in [2.05, 4.69) is 11.8 Å². The second-order valence-corrected chi connectivity index (χ2v) is 9.41. The van der Waals surface area contributed by atoms with Gasteiger partial charge in [0.15, 0.2) is 0 Å². The van der Waals surface area contributed by atoms with Gasteiger partial charge in [0.25, 0.3) is 11.5 Å². The highest BCUT2D eigenvalue weighted by Gasteiger charge is 2.34. The summed E-state index contributed by atoms with van der Waals surface area (Å²) in [5.74, 6) is -0.349. The highest BCUT2D eigenvalue weighted by Crippen LogP contribution is 2.36. The number of hydrogen-bond acceptors (Lipinski definition) is 7. The summed E-state index contributed by atoms with van der Waals surface area (Å²) in [6.45, 7) is 7.18. The van der Waals surface area contributed by atoms with Crippen LogP contribution in [0.25, 0.3) is 6.08 Å². The minimum Gasteiger partial charge on any atom is -0.480 e. The van der Waals surface area contributed by atoms with Crippen LogP contribution in [0.2, 0.25) is 0 Å². The smallest absolute Gasteiger partial charge is 0.323 e. The molecule has 1 aromatic rings. The van der Waals surface area contributed by atoms with E-state index in [4.69, 9.17) is 17.3 Å². The first-order valence-corrected chi connectivity index (χ1v) is 11.3. The molecule has 0 atom stereocenters. The molecule has 0 radical (unpaired) electrons. The Morgan fingerprint density at radius 3 is 2.55 bits per heavy atom. The van der Waals surface area contributed by atoms with E-state index in [-0.39, 0.29) is 20.3 Å². The van der Waals surface area contributed by atoms with Gasteiger partial charge in [-0.25, -0.2) is 0 Å². The van der Waals surface area contributed by atoms with E-state index in [1.54, 1.807) is 17.6 Å². The van der Waals surface area contributed by atoms with Crippen molar-refractivity contribution in [1.82, 2.24) is 9.47 Å². The quantitative estimate of drug-likeness (QED) is 0.528. The predicted octanol–water partition coefficient (Wildman–Crippen LogP) is 2.57. The molecule has 0 saturated carbocycles. The summed E-state index contributed by atoms with van der Waals surface area (Å²) in [5, 5.41) is 18.7. The van der Waals surface area contributed by atoms with Gasteiger partial charge in [0.1, 0.15) is 28.3 Å². The molecule has 10 heteroatoms. The summed E-state index contributed by atoms with van der Waals surface area (Å²) in [5.41, 5.74) is 0.840. The van der Waals surface area contributed by atoms with Gasteiger partial charge in [-0.05, 0) is 44.2 Å². The molecule has 0 spiro atoms. The Kier molecular flexibility index (Phi) is 6.86. The Hall–Kier alpha value is -2.64. The summed E-state index contributed by atoms with van der Waals surface area (Å²) in [7, 11) is 0. The highest BCUT2D eigenvalue weighted by atomic mass is 32.2. The zero-order chi connectivity index (χ0) is 22.9. The molecule has 164 valence electrons. The molecule has 2 aliphatic heterocycles. The number of pyridine rings is 1. The van der Waals surface area contributed by atoms with Gasteiger partial charge in [0.2, 0.25) is 0 Å². The van der Waals surface area contributed by atoms with Gasteiger partial charge in [-0.2, -0.15) is 5.26 Å². The number of thioether (sulfide) groups is 1. The number of carboxylic acids is 1. The Balaban J connectivity index is 2.19. The van der Waals surface area contributed by atoms with Crippen LogP contribution in [0.15, 0.2) is 9.70 Å². The first-order chi connectivity index (χ1) is 14.7. The van der Waals surface area contributed by atoms with Crippen LogP contribution in [0.5, 0.6) is 0 Å². The lowest BCUT2D eigenvalue weighted by Crippen LogP contribution is -2.39. The van der Waals surface area contributed by atoms with E-state index >= 15 is 0 Å². The maximum atomic E-state index is 13.0. The van der Waals surface area contributed by atoms with Gasteiger partial charge in [-0.3, -0.25) is 23.9 Å². The Bertz CT molecular complexity index is 1080. The van der Waals surface area contributed by atoms with Crippen molar-refractivity contribution in [3.05, 3.63) is 31.9 Å². The number of hydrogen-bond donors (Lipinski definition) is 1. The number of carbonyl (C=O) groups is 2. The second-order valence-electron chi connectivity index (χ2n) is 7.73. The summed E-state index contributed by atoms with van der Waals surface area (Å²) in [6, 6.07) is 2.01. The average molecular weight is 461 g/mol. The van der Waals surface area contributed by atoms with Crippen LogP contribution >= 0.6 is 24.0 Å². The number of aromatic nitrogens is 1. The van der Waals surface area contributed by atoms with Gasteiger partial charge in [-0.1, -0.05) is 30.9 Å². The lowest BCUT2D eigenvalue weighted by Gasteiger charge is -2.35. The number of aliphatic carboxylic acids is 1. The lowest BCUT2D eigenvalue weighted by atomic mass is 9.97. The van der Waals surface area contributed by atoms with Crippen molar-refractivity contribution in [2.75, 3.05) is 24.5 Å². The first-order valence-electron chi connectivity index (χ1n) is 10.1. The van der Waals surface area contributed by atoms with E-state index in [1.807, 2.05) is 13.0 Å². The molecule has 0 aromatic carbocycles. The van der Waals surface area contributed by atoms with Gasteiger partial charge >= 0.3 is 5.97 Å². The number of thiocarbonyl (C=S) groups is 1. The minimum atomic E-state index is -1.15. The maximum Gasteiger partial charge on any atom is 0.323 e. The Labute approximate surface area is 190 Å². The molecule has 0 unspecified atom stereocenters. The highest BCUT2D eigenvalue weighted by molar-refractivity contribution is 8.26. The molecule has 2 aliphatic rings. The summed E-state index contributed by atoms with van der Waals surface area (Å²) in [6.07, 6.45) is 3.62. The minimum absolute atomic E-state index is 0.0447. The molecular formula is C21H24N4O4S2. The SMILES string of the molecule is CCn1c(N2CCC(C)CC2)c(/C=C2/SC(=S)N(CC(=O)O)C2=O)c(C)c(C#N)c1=O. The monoisotopic (exact) mass is 460 g/mol. The molecule has 0 aliphatic carbocycles. The second kappa shape index (κ2) is 9.24. The van der Waals surface area contributed by atoms with Crippen molar-refractivity contribution in [3.63, 3.8) is 0 Å². The van der Waals surface area contributed by atoms with Crippen molar-refractivity contribution < 1.29 is 14.7 Å². The van der Waals surface area contributed by atoms with Crippen molar-refractivity contribution in [3.8, 4) is 6.07 Å². The molecule has 31 heavy (non-hydrogen) atoms. The normalized spacial score (nSPS) is 18.7. The fourth-order valence-corrected chi connectivity index (χ4v) is 5.14. The van der Waals surface area contributed by atoms with Crippen molar-refractivity contribution in [1.29, 1.82) is 5.26 Å². The van der Waals surface area contributed by atoms with E-state index < -0.39 is 18.4 Å². The molecule has 1 aromatic heterocycles. The topological polar surface area (TPSA) is 107 Å². The first kappa shape index (κ1) is 23.0. The third-order valence-corrected chi connectivity index (χ3v) is 7.07. The fraction of sp³-hybridized carbons (Fsp3) is 0.476. The Morgan fingerprint density at radius 2 is 2.00 bits per heavy atom. The maximum absolute atomic E-state index is 13.0. The molecule has 3 heterocycles. The molecular weight excluding hydrogens is 436 g/mol. The van der Waals surface area contributed by atoms with Crippen LogP contribution in [0.4, 0.5) is 5.82 Å². The fourth-order valence-electron chi connectivity index (χ4n) is 3.90. The molecule has 3 rings (SSSR count). The van der Waals surface area contributed by atoms with Crippen molar-refractivity contribution in [2.45, 2.75) is 40.2 Å². The lowest BCUT2D eigenvalue weighted by molar-refractivity contribution is -0.140. The zero-order valence-corrected chi connectivity index (χ0v) is 19.3. The molecule has 2 saturated heterocycles. The van der Waals surface area contributed by atoms with Crippen LogP contribution in [-0.2, 0) is 16.1 Å². The number of carbonyl (C=O) groups excluding carboxylic acids is 1. The van der Waals surface area contributed by atoms with Gasteiger partial charge in [-0.15, -0.1) is 0 Å². The van der Waals surface area contributed by atoms with Crippen molar-refractivity contribution >= 4 is 52.1 Å². The van der Waals surface area contributed by atoms with Gasteiger partial charge in [0.05, 0.1) is 4.91 Å². The molecule has 0 bridgehead atoms. The largest absolute Gasteiger partial charge is 0.480 e. The Morgan fingerprint density at radius 1 is 1.35 bits per heavy atom. The number of amides is 1. The standard InChI is InChI=1S/C21H24N4O4S2/c1-4-24-18(23-7-5-12(2)6-8-23)14(13(3)15(10-22)19(24)28)9-16-20(29)25(11-17(26)27)21(30)31-16/h9,12H,4-8,11H2,1-3H3,(H,26,27)/b16-9+. The van der Waals surface area contributed by atoms with Gasteiger partial charge < -0.3 is 10.0 Å². The van der Waals surface area contributed by atoms with Crippen LogP contribution in [0.1, 0.15) is 43.4 Å². The number of piperidine rings is 1. The number of carboxylic acid groups (broad SMARTS) is 1. The third-order valence-electron chi connectivity index (χ3n) is 5.69. The molecule has 1 N–H and O–H groups in total. The molecule has 1 amide bonds. The number of rotatable bonds is 5. The number of anilines is 1. The van der Waals surface area contributed by atoms with E-state index in [1.165, 1.54) is 0 Å². The van der Waals surface area contributed by atoms with Crippen LogP contribution < -0.4 is 10.5 Å². The zero-order valence-electron chi connectivity index (χ0n) is 17.7. The predicted molar refractivity (Wildman–Crippen MR) is 124 cm³/mol. The number of nitriles is 1. The number of nitrogens with zero attached hydrogens (tertiary/aromatic N) is 4. The van der Waals surface area contributed by atoms with Gasteiger partial charge in [0, 0.05) is 25.2 Å². The summed E-state index contributed by atoms with van der Waals surface area (Å²) < 4.78 is 1.76. The van der Waals surface area contributed by atoms with Crippen LogP contribution in [0.3, 0.4) is 0 Å². The van der Waals surface area contributed by atoms with Crippen molar-refractivity contribution in [2.24, 2.45) is 5.92 Å². The third kappa shape index (κ3) is 4.38. The average Bonchev–Trinajstić information content (AvgIpc) is 2.98. The van der Waals surface area contributed by atoms with E-state index in [0.717, 1.165) is 42.6 Å². The van der Waals surface area contributed by atoms with E-state index in [0.29, 0.717) is 29.4 Å². The van der Waals surface area contributed by atoms with E-state index in [9.17, 15) is 19.6 Å². The van der Waals surface area contributed by atoms with Crippen LogP contribution in [-0.4, -0.2) is 50.4 Å². The molecule has 8 nitrogen and oxygen atoms in total. The molecule has 2 fully saturated rings.